The van der Waals surface area contributed by atoms with Crippen LogP contribution < -0.4 is 10.6 Å². The molecule has 0 spiro atoms. The summed E-state index contributed by atoms with van der Waals surface area (Å²) in [5.41, 5.74) is -0.220. The van der Waals surface area contributed by atoms with Gasteiger partial charge in [-0.25, -0.2) is 14.8 Å². The van der Waals surface area contributed by atoms with E-state index in [1.165, 1.54) is 16.8 Å². The molecule has 32 heavy (non-hydrogen) atoms. The van der Waals surface area contributed by atoms with Crippen molar-refractivity contribution >= 4 is 23.5 Å². The zero-order chi connectivity index (χ0) is 22.5. The lowest BCUT2D eigenvalue weighted by Gasteiger charge is -2.16. The Morgan fingerprint density at radius 3 is 2.88 bits per heavy atom. The molecule has 3 N–H and O–H groups in total. The van der Waals surface area contributed by atoms with Gasteiger partial charge in [0.15, 0.2) is 11.5 Å². The number of hydrogen-bond acceptors (Lipinski definition) is 6. The van der Waals surface area contributed by atoms with Gasteiger partial charge in [0.25, 0.3) is 0 Å². The number of anilines is 2. The second-order valence-electron chi connectivity index (χ2n) is 8.67. The maximum absolute atomic E-state index is 13.2. The molecule has 2 aliphatic carbocycles. The molecule has 2 atom stereocenters. The van der Waals surface area contributed by atoms with Crippen LogP contribution in [0.3, 0.4) is 0 Å². The molecule has 3 aromatic heterocycles. The summed E-state index contributed by atoms with van der Waals surface area (Å²) in [7, 11) is 0. The maximum Gasteiger partial charge on any atom is 0.433 e. The number of amides is 1. The van der Waals surface area contributed by atoms with Crippen molar-refractivity contribution in [3.8, 4) is 0 Å². The molecule has 3 aromatic rings. The highest BCUT2D eigenvalue weighted by atomic mass is 19.4. The number of hydrogen-bond donors (Lipinski definition) is 3. The number of nitrogens with zero attached hydrogens (tertiary/aromatic N) is 4. The zero-order valence-corrected chi connectivity index (χ0v) is 17.2. The highest BCUT2D eigenvalue weighted by Gasteiger charge is 2.40. The summed E-state index contributed by atoms with van der Waals surface area (Å²) in [4.78, 5) is 19.7. The van der Waals surface area contributed by atoms with Crippen LogP contribution in [0.2, 0.25) is 0 Å². The fourth-order valence-electron chi connectivity index (χ4n) is 3.95. The van der Waals surface area contributed by atoms with Gasteiger partial charge in [-0.2, -0.15) is 18.3 Å². The number of alkyl halides is 3. The number of fused-ring (bicyclic) bond motifs is 1. The standard InChI is InChI=1S/C20H22F3N7O2/c1-19(4-5-19)27-18(31)32-12-3-2-11(8-12)13-9-15(29-28-13)26-17-25-14(20(21,22)23)10-16-24-6-7-30(16)17/h6-7,9-12H,2-5,8H2,1H3,(H,27,31)(H2,25,26,28,29). The van der Waals surface area contributed by atoms with Gasteiger partial charge >= 0.3 is 12.3 Å². The number of halogens is 3. The molecule has 170 valence electrons. The predicted molar refractivity (Wildman–Crippen MR) is 107 cm³/mol. The Kier molecular flexibility index (Phi) is 4.75. The van der Waals surface area contributed by atoms with Crippen molar-refractivity contribution in [3.05, 3.63) is 35.9 Å². The summed E-state index contributed by atoms with van der Waals surface area (Å²) in [5.74, 6) is 0.406. The Labute approximate surface area is 180 Å². The summed E-state index contributed by atoms with van der Waals surface area (Å²) >= 11 is 0. The number of aromatic nitrogens is 5. The normalized spacial score (nSPS) is 22.1. The van der Waals surface area contributed by atoms with E-state index in [-0.39, 0.29) is 35.2 Å². The van der Waals surface area contributed by atoms with Crippen LogP contribution in [0, 0.1) is 0 Å². The Morgan fingerprint density at radius 1 is 1.31 bits per heavy atom. The second kappa shape index (κ2) is 7.38. The first kappa shape index (κ1) is 20.6. The molecule has 2 fully saturated rings. The molecule has 2 saturated carbocycles. The summed E-state index contributed by atoms with van der Waals surface area (Å²) in [6.45, 7) is 1.99. The summed E-state index contributed by atoms with van der Waals surface area (Å²) in [6, 6.07) is 2.63. The lowest BCUT2D eigenvalue weighted by Crippen LogP contribution is -2.36. The molecule has 0 aromatic carbocycles. The van der Waals surface area contributed by atoms with E-state index >= 15 is 0 Å². The first-order valence-corrected chi connectivity index (χ1v) is 10.4. The van der Waals surface area contributed by atoms with E-state index in [1.807, 2.05) is 6.92 Å². The van der Waals surface area contributed by atoms with Crippen molar-refractivity contribution in [1.29, 1.82) is 0 Å². The van der Waals surface area contributed by atoms with E-state index in [4.69, 9.17) is 4.74 Å². The van der Waals surface area contributed by atoms with Crippen LogP contribution in [0.4, 0.5) is 29.7 Å². The average Bonchev–Trinajstić information content (AvgIpc) is 3.18. The monoisotopic (exact) mass is 449 g/mol. The van der Waals surface area contributed by atoms with Crippen LogP contribution in [-0.2, 0) is 10.9 Å². The van der Waals surface area contributed by atoms with Gasteiger partial charge in [-0.3, -0.25) is 9.50 Å². The van der Waals surface area contributed by atoms with E-state index < -0.39 is 11.9 Å². The van der Waals surface area contributed by atoms with Crippen LogP contribution in [0.25, 0.3) is 5.65 Å². The maximum atomic E-state index is 13.2. The summed E-state index contributed by atoms with van der Waals surface area (Å²) in [5, 5.41) is 12.8. The molecule has 12 heteroatoms. The van der Waals surface area contributed by atoms with E-state index in [0.29, 0.717) is 12.2 Å². The second-order valence-corrected chi connectivity index (χ2v) is 8.67. The fraction of sp³-hybridized carbons (Fsp3) is 0.500. The van der Waals surface area contributed by atoms with Crippen LogP contribution in [0.5, 0.6) is 0 Å². The quantitative estimate of drug-likeness (QED) is 0.541. The van der Waals surface area contributed by atoms with E-state index in [2.05, 4.69) is 30.8 Å². The van der Waals surface area contributed by atoms with Crippen molar-refractivity contribution in [2.75, 3.05) is 5.32 Å². The third kappa shape index (κ3) is 4.21. The molecular weight excluding hydrogens is 427 g/mol. The molecule has 5 rings (SSSR count). The minimum absolute atomic E-state index is 0.0387. The number of imidazole rings is 1. The Bertz CT molecular complexity index is 1150. The predicted octanol–water partition coefficient (Wildman–Crippen LogP) is 4.13. The Balaban J connectivity index is 1.26. The van der Waals surface area contributed by atoms with Gasteiger partial charge in [0.2, 0.25) is 5.95 Å². The number of alkyl carbamates (subject to hydrolysis) is 1. The van der Waals surface area contributed by atoms with Crippen molar-refractivity contribution in [2.45, 2.75) is 62.8 Å². The Hall–Kier alpha value is -3.31. The van der Waals surface area contributed by atoms with Crippen LogP contribution >= 0.6 is 0 Å². The van der Waals surface area contributed by atoms with Crippen molar-refractivity contribution < 1.29 is 22.7 Å². The van der Waals surface area contributed by atoms with Gasteiger partial charge in [-0.1, -0.05) is 0 Å². The lowest BCUT2D eigenvalue weighted by molar-refractivity contribution is -0.141. The fourth-order valence-corrected chi connectivity index (χ4v) is 3.95. The molecule has 0 aliphatic heterocycles. The number of nitrogens with one attached hydrogen (secondary N) is 3. The van der Waals surface area contributed by atoms with E-state index in [9.17, 15) is 18.0 Å². The molecule has 0 radical (unpaired) electrons. The highest BCUT2D eigenvalue weighted by Crippen LogP contribution is 2.38. The van der Waals surface area contributed by atoms with Gasteiger partial charge in [0.1, 0.15) is 11.8 Å². The molecular formula is C20H22F3N7O2. The number of ether oxygens (including phenoxy) is 1. The first-order valence-electron chi connectivity index (χ1n) is 10.4. The largest absolute Gasteiger partial charge is 0.446 e. The van der Waals surface area contributed by atoms with Crippen LogP contribution in [0.1, 0.15) is 56.3 Å². The number of H-pyrrole nitrogens is 1. The number of aromatic amines is 1. The number of carbonyl (C=O) groups is 1. The van der Waals surface area contributed by atoms with Crippen molar-refractivity contribution in [3.63, 3.8) is 0 Å². The first-order chi connectivity index (χ1) is 15.2. The third-order valence-electron chi connectivity index (χ3n) is 6.02. The number of rotatable bonds is 5. The summed E-state index contributed by atoms with van der Waals surface area (Å²) in [6.07, 6.45) is 1.88. The Morgan fingerprint density at radius 2 is 2.12 bits per heavy atom. The van der Waals surface area contributed by atoms with E-state index in [1.54, 1.807) is 6.07 Å². The topological polar surface area (TPSA) is 109 Å². The van der Waals surface area contributed by atoms with Gasteiger partial charge in [0, 0.05) is 41.7 Å². The van der Waals surface area contributed by atoms with Gasteiger partial charge in [-0.05, 0) is 39.0 Å². The van der Waals surface area contributed by atoms with Crippen LogP contribution in [0.15, 0.2) is 24.5 Å². The SMILES string of the molecule is CC1(NC(=O)OC2CCC(c3cc(Nc4nc(C(F)(F)F)cc5nccn45)n[nH]3)C2)CC1. The van der Waals surface area contributed by atoms with Crippen molar-refractivity contribution in [1.82, 2.24) is 29.9 Å². The zero-order valence-electron chi connectivity index (χ0n) is 17.2. The molecule has 9 nitrogen and oxygen atoms in total. The van der Waals surface area contributed by atoms with Gasteiger partial charge in [-0.15, -0.1) is 0 Å². The minimum atomic E-state index is -4.59. The minimum Gasteiger partial charge on any atom is -0.446 e. The lowest BCUT2D eigenvalue weighted by atomic mass is 10.0. The smallest absolute Gasteiger partial charge is 0.433 e. The van der Waals surface area contributed by atoms with Gasteiger partial charge < -0.3 is 15.4 Å². The van der Waals surface area contributed by atoms with Crippen LogP contribution in [-0.4, -0.2) is 42.3 Å². The number of carbonyl (C=O) groups excluding carboxylic acids is 1. The third-order valence-corrected chi connectivity index (χ3v) is 6.02. The van der Waals surface area contributed by atoms with E-state index in [0.717, 1.165) is 37.4 Å². The average molecular weight is 449 g/mol. The molecule has 0 bridgehead atoms. The molecule has 1 amide bonds. The molecule has 2 unspecified atom stereocenters. The van der Waals surface area contributed by atoms with Gasteiger partial charge in [0.05, 0.1) is 0 Å². The van der Waals surface area contributed by atoms with Crippen molar-refractivity contribution in [2.24, 2.45) is 0 Å². The molecule has 0 saturated heterocycles. The highest BCUT2D eigenvalue weighted by molar-refractivity contribution is 5.69. The molecule has 2 aliphatic rings. The summed E-state index contributed by atoms with van der Waals surface area (Å²) < 4.78 is 46.5. The molecule has 3 heterocycles.